The molecule has 1 fully saturated rings. The van der Waals surface area contributed by atoms with E-state index in [1.165, 1.54) is 0 Å². The number of methoxy groups -OCH3 is 1. The molecule has 2 aromatic rings. The van der Waals surface area contributed by atoms with Gasteiger partial charge in [-0.3, -0.25) is 4.90 Å². The standard InChI is InChI=1S/C14H19N5O2/c1-10-5-15-13(18-10)12-9-19(3-4-21-12)8-11-6-16-14(20-2)17-7-11/h5-7,12H,3-4,8-9H2,1-2H3,(H,15,18)/t12-/m1/s1. The molecule has 7 heteroatoms. The minimum atomic E-state index is -0.00776. The van der Waals surface area contributed by atoms with Crippen LogP contribution in [0.1, 0.15) is 23.2 Å². The summed E-state index contributed by atoms with van der Waals surface area (Å²) in [6.07, 6.45) is 5.42. The number of rotatable bonds is 4. The van der Waals surface area contributed by atoms with E-state index < -0.39 is 0 Å². The minimum Gasteiger partial charge on any atom is -0.467 e. The average molecular weight is 289 g/mol. The van der Waals surface area contributed by atoms with Gasteiger partial charge in [0.1, 0.15) is 11.9 Å². The third-order valence-corrected chi connectivity index (χ3v) is 3.45. The number of ether oxygens (including phenoxy) is 2. The first kappa shape index (κ1) is 14.0. The first-order valence-electron chi connectivity index (χ1n) is 6.95. The summed E-state index contributed by atoms with van der Waals surface area (Å²) in [7, 11) is 1.56. The normalized spacial score (nSPS) is 19.6. The van der Waals surface area contributed by atoms with Crippen LogP contribution in [0.3, 0.4) is 0 Å². The number of nitrogens with one attached hydrogen (secondary N) is 1. The summed E-state index contributed by atoms with van der Waals surface area (Å²) < 4.78 is 10.8. The molecule has 112 valence electrons. The van der Waals surface area contributed by atoms with Gasteiger partial charge in [0.25, 0.3) is 0 Å². The Labute approximate surface area is 123 Å². The van der Waals surface area contributed by atoms with E-state index in [9.17, 15) is 0 Å². The van der Waals surface area contributed by atoms with Crippen LogP contribution in [0, 0.1) is 6.92 Å². The molecule has 0 unspecified atom stereocenters. The first-order chi connectivity index (χ1) is 10.2. The van der Waals surface area contributed by atoms with Crippen LogP contribution in [0.4, 0.5) is 0 Å². The van der Waals surface area contributed by atoms with Crippen molar-refractivity contribution in [3.05, 3.63) is 35.7 Å². The second-order valence-corrected chi connectivity index (χ2v) is 5.12. The van der Waals surface area contributed by atoms with Crippen molar-refractivity contribution in [1.29, 1.82) is 0 Å². The summed E-state index contributed by atoms with van der Waals surface area (Å²) in [5.74, 6) is 0.892. The lowest BCUT2D eigenvalue weighted by Crippen LogP contribution is -2.38. The Bertz CT molecular complexity index is 583. The van der Waals surface area contributed by atoms with Crippen molar-refractivity contribution in [2.24, 2.45) is 0 Å². The molecule has 21 heavy (non-hydrogen) atoms. The Hall–Kier alpha value is -1.99. The van der Waals surface area contributed by atoms with Crippen molar-refractivity contribution >= 4 is 0 Å². The molecule has 0 saturated carbocycles. The van der Waals surface area contributed by atoms with E-state index in [0.717, 1.165) is 36.7 Å². The molecule has 1 N–H and O–H groups in total. The maximum Gasteiger partial charge on any atom is 0.316 e. The van der Waals surface area contributed by atoms with E-state index in [-0.39, 0.29) is 6.10 Å². The van der Waals surface area contributed by atoms with Crippen molar-refractivity contribution in [3.63, 3.8) is 0 Å². The Morgan fingerprint density at radius 1 is 1.33 bits per heavy atom. The van der Waals surface area contributed by atoms with Crippen LogP contribution in [0.2, 0.25) is 0 Å². The average Bonchev–Trinajstić information content (AvgIpc) is 2.95. The first-order valence-corrected chi connectivity index (χ1v) is 6.95. The van der Waals surface area contributed by atoms with Gasteiger partial charge in [-0.15, -0.1) is 0 Å². The summed E-state index contributed by atoms with van der Waals surface area (Å²) in [5, 5.41) is 0. The number of aromatic nitrogens is 4. The van der Waals surface area contributed by atoms with Gasteiger partial charge in [-0.1, -0.05) is 0 Å². The lowest BCUT2D eigenvalue weighted by molar-refractivity contribution is -0.0369. The predicted octanol–water partition coefficient (Wildman–Crippen LogP) is 1.09. The maximum atomic E-state index is 5.80. The molecule has 0 bridgehead atoms. The zero-order chi connectivity index (χ0) is 14.7. The van der Waals surface area contributed by atoms with Gasteiger partial charge in [-0.2, -0.15) is 0 Å². The summed E-state index contributed by atoms with van der Waals surface area (Å²) in [5.41, 5.74) is 2.11. The second-order valence-electron chi connectivity index (χ2n) is 5.12. The molecule has 1 aliphatic rings. The fourth-order valence-corrected chi connectivity index (χ4v) is 2.40. The largest absolute Gasteiger partial charge is 0.467 e. The molecule has 3 rings (SSSR count). The molecule has 1 saturated heterocycles. The van der Waals surface area contributed by atoms with Gasteiger partial charge in [-0.05, 0) is 6.92 Å². The smallest absolute Gasteiger partial charge is 0.316 e. The Balaban J connectivity index is 1.62. The number of aryl methyl sites for hydroxylation is 1. The molecular formula is C14H19N5O2. The molecule has 0 aliphatic carbocycles. The van der Waals surface area contributed by atoms with Crippen LogP contribution in [-0.2, 0) is 11.3 Å². The molecular weight excluding hydrogens is 270 g/mol. The summed E-state index contributed by atoms with van der Waals surface area (Å²) in [6, 6.07) is 0.393. The molecule has 1 atom stereocenters. The Morgan fingerprint density at radius 3 is 2.81 bits per heavy atom. The van der Waals surface area contributed by atoms with Crippen LogP contribution in [0.15, 0.2) is 18.6 Å². The SMILES string of the molecule is COc1ncc(CN2CCO[C@@H](c3ncc(C)[nH]3)C2)cn1. The highest BCUT2D eigenvalue weighted by Crippen LogP contribution is 2.20. The highest BCUT2D eigenvalue weighted by Gasteiger charge is 2.24. The lowest BCUT2D eigenvalue weighted by atomic mass is 10.2. The highest BCUT2D eigenvalue weighted by atomic mass is 16.5. The molecule has 0 spiro atoms. The zero-order valence-electron chi connectivity index (χ0n) is 12.2. The maximum absolute atomic E-state index is 5.80. The summed E-state index contributed by atoms with van der Waals surface area (Å²) in [4.78, 5) is 18.2. The molecule has 0 aromatic carbocycles. The number of aromatic amines is 1. The van der Waals surface area contributed by atoms with Crippen LogP contribution < -0.4 is 4.74 Å². The van der Waals surface area contributed by atoms with Gasteiger partial charge in [0.15, 0.2) is 0 Å². The third-order valence-electron chi connectivity index (χ3n) is 3.45. The number of morpholine rings is 1. The van der Waals surface area contributed by atoms with Crippen LogP contribution in [-0.4, -0.2) is 51.6 Å². The van der Waals surface area contributed by atoms with Crippen molar-refractivity contribution in [3.8, 4) is 6.01 Å². The van der Waals surface area contributed by atoms with Crippen LogP contribution in [0.25, 0.3) is 0 Å². The molecule has 2 aromatic heterocycles. The molecule has 1 aliphatic heterocycles. The van der Waals surface area contributed by atoms with Crippen molar-refractivity contribution in [1.82, 2.24) is 24.8 Å². The number of H-pyrrole nitrogens is 1. The molecule has 0 amide bonds. The van der Waals surface area contributed by atoms with Crippen molar-refractivity contribution in [2.45, 2.75) is 19.6 Å². The molecule has 0 radical (unpaired) electrons. The van der Waals surface area contributed by atoms with Gasteiger partial charge in [0, 0.05) is 49.5 Å². The van der Waals surface area contributed by atoms with E-state index in [2.05, 4.69) is 24.8 Å². The quantitative estimate of drug-likeness (QED) is 0.908. The topological polar surface area (TPSA) is 76.2 Å². The predicted molar refractivity (Wildman–Crippen MR) is 75.9 cm³/mol. The zero-order valence-corrected chi connectivity index (χ0v) is 12.2. The number of hydrogen-bond acceptors (Lipinski definition) is 6. The fourth-order valence-electron chi connectivity index (χ4n) is 2.40. The number of hydrogen-bond donors (Lipinski definition) is 1. The third kappa shape index (κ3) is 3.37. The van der Waals surface area contributed by atoms with Crippen molar-refractivity contribution < 1.29 is 9.47 Å². The van der Waals surface area contributed by atoms with Gasteiger partial charge in [0.2, 0.25) is 0 Å². The summed E-state index contributed by atoms with van der Waals surface area (Å²) in [6.45, 7) is 5.18. The van der Waals surface area contributed by atoms with Crippen LogP contribution in [0.5, 0.6) is 6.01 Å². The van der Waals surface area contributed by atoms with E-state index in [0.29, 0.717) is 12.6 Å². The van der Waals surface area contributed by atoms with Gasteiger partial charge < -0.3 is 14.5 Å². The van der Waals surface area contributed by atoms with Gasteiger partial charge >= 0.3 is 6.01 Å². The van der Waals surface area contributed by atoms with E-state index in [4.69, 9.17) is 9.47 Å². The van der Waals surface area contributed by atoms with Gasteiger partial charge in [0.05, 0.1) is 13.7 Å². The van der Waals surface area contributed by atoms with Crippen molar-refractivity contribution in [2.75, 3.05) is 26.8 Å². The second kappa shape index (κ2) is 6.19. The Kier molecular flexibility index (Phi) is 4.12. The van der Waals surface area contributed by atoms with E-state index in [1.54, 1.807) is 19.5 Å². The molecule has 3 heterocycles. The highest BCUT2D eigenvalue weighted by molar-refractivity contribution is 5.08. The van der Waals surface area contributed by atoms with E-state index in [1.807, 2.05) is 13.1 Å². The monoisotopic (exact) mass is 289 g/mol. The minimum absolute atomic E-state index is 0.00776. The van der Waals surface area contributed by atoms with Crippen LogP contribution >= 0.6 is 0 Å². The number of imidazole rings is 1. The van der Waals surface area contributed by atoms with E-state index >= 15 is 0 Å². The Morgan fingerprint density at radius 2 is 2.14 bits per heavy atom. The van der Waals surface area contributed by atoms with Gasteiger partial charge in [-0.25, -0.2) is 15.0 Å². The summed E-state index contributed by atoms with van der Waals surface area (Å²) >= 11 is 0. The molecule has 7 nitrogen and oxygen atoms in total. The fraction of sp³-hybridized carbons (Fsp3) is 0.500. The number of nitrogens with zero attached hydrogens (tertiary/aromatic N) is 4. The lowest BCUT2D eigenvalue weighted by Gasteiger charge is -2.31.